The molecule has 1 fully saturated rings. The molecule has 1 aliphatic rings. The highest BCUT2D eigenvalue weighted by Crippen LogP contribution is 2.22. The summed E-state index contributed by atoms with van der Waals surface area (Å²) in [4.78, 5) is 12.7. The largest absolute Gasteiger partial charge is 0.491 e. The fourth-order valence-corrected chi connectivity index (χ4v) is 4.82. The zero-order valence-electron chi connectivity index (χ0n) is 16.9. The number of rotatable bonds is 6. The summed E-state index contributed by atoms with van der Waals surface area (Å²) in [6.45, 7) is 5.02. The summed E-state index contributed by atoms with van der Waals surface area (Å²) < 4.78 is 32.8. The Kier molecular flexibility index (Phi) is 6.92. The first-order valence-electron chi connectivity index (χ1n) is 10.0. The lowest BCUT2D eigenvalue weighted by Crippen LogP contribution is -2.31. The molecular formula is C22H28N2O4S. The van der Waals surface area contributed by atoms with E-state index in [1.165, 1.54) is 0 Å². The number of hydrogen-bond donors (Lipinski definition) is 1. The molecule has 1 N–H and O–H groups in total. The molecule has 0 spiro atoms. The van der Waals surface area contributed by atoms with Crippen LogP contribution in [0.3, 0.4) is 0 Å². The number of carbonyl (C=O) groups is 1. The Balaban J connectivity index is 1.66. The summed E-state index contributed by atoms with van der Waals surface area (Å²) >= 11 is 0. The summed E-state index contributed by atoms with van der Waals surface area (Å²) in [5.41, 5.74) is 1.05. The highest BCUT2D eigenvalue weighted by atomic mass is 32.2. The number of carbonyl (C=O) groups excluding carboxylic acids is 1. The zero-order chi connectivity index (χ0) is 20.9. The minimum Gasteiger partial charge on any atom is -0.491 e. The molecule has 2 aromatic rings. The third-order valence-electron chi connectivity index (χ3n) is 4.80. The highest BCUT2D eigenvalue weighted by molar-refractivity contribution is 7.89. The van der Waals surface area contributed by atoms with Crippen LogP contribution in [0.5, 0.6) is 5.75 Å². The maximum absolute atomic E-state index is 12.8. The number of nitrogens with zero attached hydrogens (tertiary/aromatic N) is 1. The average molecular weight is 417 g/mol. The van der Waals surface area contributed by atoms with Crippen LogP contribution in [-0.4, -0.2) is 37.8 Å². The maximum Gasteiger partial charge on any atom is 0.255 e. The van der Waals surface area contributed by atoms with Gasteiger partial charge in [0.05, 0.1) is 11.0 Å². The van der Waals surface area contributed by atoms with Gasteiger partial charge in [-0.1, -0.05) is 12.8 Å². The molecule has 1 heterocycles. The van der Waals surface area contributed by atoms with Gasteiger partial charge in [0.2, 0.25) is 10.0 Å². The summed E-state index contributed by atoms with van der Waals surface area (Å²) in [7, 11) is -3.49. The van der Waals surface area contributed by atoms with Crippen molar-refractivity contribution in [2.45, 2.75) is 50.5 Å². The average Bonchev–Trinajstić information content (AvgIpc) is 2.98. The van der Waals surface area contributed by atoms with E-state index < -0.39 is 10.0 Å². The van der Waals surface area contributed by atoms with Crippen LogP contribution in [0.4, 0.5) is 5.69 Å². The lowest BCUT2D eigenvalue weighted by molar-refractivity contribution is 0.102. The van der Waals surface area contributed by atoms with E-state index in [-0.39, 0.29) is 16.9 Å². The topological polar surface area (TPSA) is 75.7 Å². The number of anilines is 1. The molecule has 0 atom stereocenters. The Bertz CT molecular complexity index is 914. The predicted molar refractivity (Wildman–Crippen MR) is 114 cm³/mol. The van der Waals surface area contributed by atoms with Crippen LogP contribution in [0.15, 0.2) is 53.4 Å². The van der Waals surface area contributed by atoms with E-state index in [1.807, 2.05) is 13.8 Å². The fourth-order valence-electron chi connectivity index (χ4n) is 3.30. The van der Waals surface area contributed by atoms with Gasteiger partial charge in [-0.25, -0.2) is 8.42 Å². The molecule has 0 bridgehead atoms. The van der Waals surface area contributed by atoms with E-state index in [4.69, 9.17) is 4.74 Å². The first-order chi connectivity index (χ1) is 13.9. The molecule has 6 nitrogen and oxygen atoms in total. The van der Waals surface area contributed by atoms with Gasteiger partial charge < -0.3 is 10.1 Å². The first-order valence-corrected chi connectivity index (χ1v) is 11.5. The van der Waals surface area contributed by atoms with Gasteiger partial charge in [-0.2, -0.15) is 4.31 Å². The monoisotopic (exact) mass is 416 g/mol. The first kappa shape index (κ1) is 21.3. The molecule has 156 valence electrons. The van der Waals surface area contributed by atoms with Crippen molar-refractivity contribution >= 4 is 21.6 Å². The van der Waals surface area contributed by atoms with Crippen LogP contribution in [-0.2, 0) is 10.0 Å². The summed E-state index contributed by atoms with van der Waals surface area (Å²) in [6, 6.07) is 13.3. The number of hydrogen-bond acceptors (Lipinski definition) is 4. The van der Waals surface area contributed by atoms with E-state index in [1.54, 1.807) is 52.8 Å². The third kappa shape index (κ3) is 5.58. The number of sulfonamides is 1. The zero-order valence-corrected chi connectivity index (χ0v) is 17.7. The van der Waals surface area contributed by atoms with Crippen LogP contribution in [0.25, 0.3) is 0 Å². The Hall–Kier alpha value is -2.38. The van der Waals surface area contributed by atoms with Crippen molar-refractivity contribution in [1.29, 1.82) is 0 Å². The summed E-state index contributed by atoms with van der Waals surface area (Å²) in [5.74, 6) is 0.448. The second-order valence-corrected chi connectivity index (χ2v) is 9.43. The summed E-state index contributed by atoms with van der Waals surface area (Å²) in [5, 5.41) is 2.80. The highest BCUT2D eigenvalue weighted by Gasteiger charge is 2.25. The van der Waals surface area contributed by atoms with Gasteiger partial charge >= 0.3 is 0 Å². The van der Waals surface area contributed by atoms with Crippen LogP contribution in [0.1, 0.15) is 49.9 Å². The van der Waals surface area contributed by atoms with Crippen LogP contribution in [0.2, 0.25) is 0 Å². The molecule has 0 radical (unpaired) electrons. The van der Waals surface area contributed by atoms with Crippen molar-refractivity contribution in [3.63, 3.8) is 0 Å². The Morgan fingerprint density at radius 1 is 0.931 bits per heavy atom. The van der Waals surface area contributed by atoms with Crippen molar-refractivity contribution in [3.8, 4) is 5.75 Å². The van der Waals surface area contributed by atoms with Crippen LogP contribution < -0.4 is 10.1 Å². The molecular weight excluding hydrogens is 388 g/mol. The van der Waals surface area contributed by atoms with Crippen LogP contribution >= 0.6 is 0 Å². The summed E-state index contributed by atoms with van der Waals surface area (Å²) in [6.07, 6.45) is 4.00. The van der Waals surface area contributed by atoms with Crippen LogP contribution in [0, 0.1) is 0 Å². The van der Waals surface area contributed by atoms with Gasteiger partial charge in [0.15, 0.2) is 0 Å². The van der Waals surface area contributed by atoms with E-state index >= 15 is 0 Å². The molecule has 0 aliphatic carbocycles. The van der Waals surface area contributed by atoms with Crippen molar-refractivity contribution in [2.75, 3.05) is 18.4 Å². The number of nitrogens with one attached hydrogen (secondary N) is 1. The second kappa shape index (κ2) is 9.41. The van der Waals surface area contributed by atoms with E-state index in [0.29, 0.717) is 30.1 Å². The quantitative estimate of drug-likeness (QED) is 0.762. The molecule has 29 heavy (non-hydrogen) atoms. The Morgan fingerprint density at radius 3 is 2.07 bits per heavy atom. The van der Waals surface area contributed by atoms with Crippen molar-refractivity contribution < 1.29 is 17.9 Å². The second-order valence-electron chi connectivity index (χ2n) is 7.49. The van der Waals surface area contributed by atoms with Gasteiger partial charge in [-0.3, -0.25) is 4.79 Å². The fraction of sp³-hybridized carbons (Fsp3) is 0.409. The van der Waals surface area contributed by atoms with E-state index in [2.05, 4.69) is 5.32 Å². The number of amides is 1. The minimum absolute atomic E-state index is 0.0683. The molecule has 2 aromatic carbocycles. The lowest BCUT2D eigenvalue weighted by atomic mass is 10.2. The predicted octanol–water partition coefficient (Wildman–Crippen LogP) is 4.29. The molecule has 7 heteroatoms. The van der Waals surface area contributed by atoms with E-state index in [0.717, 1.165) is 25.7 Å². The van der Waals surface area contributed by atoms with Gasteiger partial charge in [0.25, 0.3) is 5.91 Å². The van der Waals surface area contributed by atoms with E-state index in [9.17, 15) is 13.2 Å². The smallest absolute Gasteiger partial charge is 0.255 e. The van der Waals surface area contributed by atoms with Gasteiger partial charge in [-0.15, -0.1) is 0 Å². The van der Waals surface area contributed by atoms with Crippen molar-refractivity contribution in [3.05, 3.63) is 54.1 Å². The molecule has 1 amide bonds. The molecule has 0 saturated carbocycles. The normalized spacial score (nSPS) is 15.7. The van der Waals surface area contributed by atoms with Crippen molar-refractivity contribution in [2.24, 2.45) is 0 Å². The number of benzene rings is 2. The third-order valence-corrected chi connectivity index (χ3v) is 6.72. The van der Waals surface area contributed by atoms with Gasteiger partial charge in [0, 0.05) is 24.3 Å². The van der Waals surface area contributed by atoms with Gasteiger partial charge in [0.1, 0.15) is 5.75 Å². The molecule has 0 aromatic heterocycles. The van der Waals surface area contributed by atoms with Crippen molar-refractivity contribution in [1.82, 2.24) is 4.31 Å². The Labute approximate surface area is 172 Å². The molecule has 0 unspecified atom stereocenters. The molecule has 3 rings (SSSR count). The minimum atomic E-state index is -3.49. The Morgan fingerprint density at radius 2 is 1.52 bits per heavy atom. The SMILES string of the molecule is CC(C)Oc1ccc(C(=O)Nc2ccc(S(=O)(=O)N3CCCCCC3)cc2)cc1. The lowest BCUT2D eigenvalue weighted by Gasteiger charge is -2.20. The van der Waals surface area contributed by atoms with Gasteiger partial charge in [-0.05, 0) is 75.2 Å². The standard InChI is InChI=1S/C22H28N2O4S/c1-17(2)28-20-11-7-18(8-12-20)22(25)23-19-9-13-21(14-10-19)29(26,27)24-15-5-3-4-6-16-24/h7-14,17H,3-6,15-16H2,1-2H3,(H,23,25). The molecule has 1 aliphatic heterocycles. The maximum atomic E-state index is 12.8. The molecule has 1 saturated heterocycles. The number of ether oxygens (including phenoxy) is 1.